The number of benzene rings is 1. The summed E-state index contributed by atoms with van der Waals surface area (Å²) in [6.45, 7) is 2.30. The molecule has 0 fully saturated rings. The van der Waals surface area contributed by atoms with Gasteiger partial charge in [0.2, 0.25) is 0 Å². The van der Waals surface area contributed by atoms with Gasteiger partial charge in [-0.25, -0.2) is 0 Å². The van der Waals surface area contributed by atoms with Crippen molar-refractivity contribution in [2.24, 2.45) is 0 Å². The first-order chi connectivity index (χ1) is 9.19. The lowest BCUT2D eigenvalue weighted by atomic mass is 10.1. The molecule has 4 heteroatoms. The molecule has 1 aromatic carbocycles. The summed E-state index contributed by atoms with van der Waals surface area (Å²) in [6, 6.07) is 14.2. The molecular weight excluding hydrogens is 238 g/mol. The van der Waals surface area contributed by atoms with Gasteiger partial charge in [-0.15, -0.1) is 0 Å². The number of nitrogens with zero attached hydrogens (tertiary/aromatic N) is 2. The Balaban J connectivity index is 1.99. The third-order valence-corrected chi connectivity index (χ3v) is 2.65. The van der Waals surface area contributed by atoms with Crippen molar-refractivity contribution in [3.05, 3.63) is 65.0 Å². The van der Waals surface area contributed by atoms with Gasteiger partial charge in [0.1, 0.15) is 0 Å². The molecule has 94 valence electrons. The summed E-state index contributed by atoms with van der Waals surface area (Å²) in [6.07, 6.45) is 0. The van der Waals surface area contributed by atoms with Crippen LogP contribution in [0.15, 0.2) is 42.5 Å². The first-order valence-corrected chi connectivity index (χ1v) is 5.90. The predicted molar refractivity (Wildman–Crippen MR) is 71.3 cm³/mol. The SMILES string of the molecule is Cc1cccc(CNC(=O)c2ccc(C#N)cc2)n1. The van der Waals surface area contributed by atoms with Crippen LogP contribution in [0, 0.1) is 18.3 Å². The largest absolute Gasteiger partial charge is 0.346 e. The van der Waals surface area contributed by atoms with Gasteiger partial charge in [0.05, 0.1) is 23.9 Å². The Morgan fingerprint density at radius 3 is 2.63 bits per heavy atom. The van der Waals surface area contributed by atoms with E-state index < -0.39 is 0 Å². The number of aromatic nitrogens is 1. The van der Waals surface area contributed by atoms with Crippen LogP contribution < -0.4 is 5.32 Å². The van der Waals surface area contributed by atoms with Crippen LogP contribution in [0.4, 0.5) is 0 Å². The molecule has 0 atom stereocenters. The molecule has 1 N–H and O–H groups in total. The Morgan fingerprint density at radius 1 is 1.26 bits per heavy atom. The van der Waals surface area contributed by atoms with E-state index >= 15 is 0 Å². The Morgan fingerprint density at radius 2 is 2.00 bits per heavy atom. The summed E-state index contributed by atoms with van der Waals surface area (Å²) < 4.78 is 0. The van der Waals surface area contributed by atoms with Gasteiger partial charge in [-0.2, -0.15) is 5.26 Å². The van der Waals surface area contributed by atoms with Crippen LogP contribution in [0.3, 0.4) is 0 Å². The van der Waals surface area contributed by atoms with Crippen molar-refractivity contribution in [3.63, 3.8) is 0 Å². The number of pyridine rings is 1. The Kier molecular flexibility index (Phi) is 3.89. The van der Waals surface area contributed by atoms with Gasteiger partial charge >= 0.3 is 0 Å². The minimum atomic E-state index is -0.173. The van der Waals surface area contributed by atoms with Gasteiger partial charge in [-0.05, 0) is 43.3 Å². The van der Waals surface area contributed by atoms with E-state index in [9.17, 15) is 4.79 Å². The summed E-state index contributed by atoms with van der Waals surface area (Å²) in [5.74, 6) is -0.173. The zero-order chi connectivity index (χ0) is 13.7. The molecule has 4 nitrogen and oxygen atoms in total. The van der Waals surface area contributed by atoms with Crippen molar-refractivity contribution in [2.45, 2.75) is 13.5 Å². The van der Waals surface area contributed by atoms with Crippen LogP contribution in [0.25, 0.3) is 0 Å². The molecule has 0 saturated carbocycles. The lowest BCUT2D eigenvalue weighted by Crippen LogP contribution is -2.23. The number of amides is 1. The molecule has 0 aliphatic carbocycles. The number of nitriles is 1. The van der Waals surface area contributed by atoms with Crippen LogP contribution in [0.2, 0.25) is 0 Å². The van der Waals surface area contributed by atoms with Gasteiger partial charge in [0.15, 0.2) is 0 Å². The average molecular weight is 251 g/mol. The second-order valence-corrected chi connectivity index (χ2v) is 4.14. The van der Waals surface area contributed by atoms with Gasteiger partial charge in [0, 0.05) is 11.3 Å². The van der Waals surface area contributed by atoms with E-state index in [2.05, 4.69) is 10.3 Å². The molecule has 0 unspecified atom stereocenters. The second kappa shape index (κ2) is 5.78. The Bertz CT molecular complexity index is 627. The number of rotatable bonds is 3. The van der Waals surface area contributed by atoms with E-state index in [4.69, 9.17) is 5.26 Å². The number of carbonyl (C=O) groups is 1. The first kappa shape index (κ1) is 12.8. The molecule has 0 saturated heterocycles. The van der Waals surface area contributed by atoms with E-state index in [1.807, 2.05) is 31.2 Å². The monoisotopic (exact) mass is 251 g/mol. The fourth-order valence-corrected chi connectivity index (χ4v) is 1.67. The minimum Gasteiger partial charge on any atom is -0.346 e. The van der Waals surface area contributed by atoms with Crippen molar-refractivity contribution in [1.29, 1.82) is 5.26 Å². The molecule has 1 amide bonds. The summed E-state index contributed by atoms with van der Waals surface area (Å²) >= 11 is 0. The number of aryl methyl sites for hydroxylation is 1. The zero-order valence-electron chi connectivity index (χ0n) is 10.6. The lowest BCUT2D eigenvalue weighted by molar-refractivity contribution is 0.0950. The third kappa shape index (κ3) is 3.39. The molecule has 0 aliphatic rings. The van der Waals surface area contributed by atoms with Crippen molar-refractivity contribution >= 4 is 5.91 Å². The quantitative estimate of drug-likeness (QED) is 0.909. The highest BCUT2D eigenvalue weighted by Crippen LogP contribution is 2.04. The molecule has 0 aliphatic heterocycles. The first-order valence-electron chi connectivity index (χ1n) is 5.90. The number of hydrogen-bond acceptors (Lipinski definition) is 3. The van der Waals surface area contributed by atoms with E-state index in [-0.39, 0.29) is 5.91 Å². The van der Waals surface area contributed by atoms with Crippen LogP contribution in [0.5, 0.6) is 0 Å². The van der Waals surface area contributed by atoms with Crippen LogP contribution in [-0.4, -0.2) is 10.9 Å². The van der Waals surface area contributed by atoms with Crippen LogP contribution >= 0.6 is 0 Å². The second-order valence-electron chi connectivity index (χ2n) is 4.14. The maximum atomic E-state index is 11.9. The third-order valence-electron chi connectivity index (χ3n) is 2.65. The molecule has 19 heavy (non-hydrogen) atoms. The summed E-state index contributed by atoms with van der Waals surface area (Å²) in [5.41, 5.74) is 2.82. The Labute approximate surface area is 111 Å². The number of carbonyl (C=O) groups excluding carboxylic acids is 1. The van der Waals surface area contributed by atoms with Gasteiger partial charge in [-0.3, -0.25) is 9.78 Å². The maximum Gasteiger partial charge on any atom is 0.251 e. The van der Waals surface area contributed by atoms with Crippen molar-refractivity contribution < 1.29 is 4.79 Å². The fourth-order valence-electron chi connectivity index (χ4n) is 1.67. The van der Waals surface area contributed by atoms with E-state index in [0.29, 0.717) is 17.7 Å². The summed E-state index contributed by atoms with van der Waals surface area (Å²) in [7, 11) is 0. The Hall–Kier alpha value is -2.67. The molecule has 1 heterocycles. The predicted octanol–water partition coefficient (Wildman–Crippen LogP) is 2.19. The highest BCUT2D eigenvalue weighted by Gasteiger charge is 2.05. The highest BCUT2D eigenvalue weighted by molar-refractivity contribution is 5.94. The van der Waals surface area contributed by atoms with Gasteiger partial charge in [0.25, 0.3) is 5.91 Å². The van der Waals surface area contributed by atoms with E-state index in [0.717, 1.165) is 11.4 Å². The standard InChI is InChI=1S/C15H13N3O/c1-11-3-2-4-14(18-11)10-17-15(19)13-7-5-12(9-16)6-8-13/h2-8H,10H2,1H3,(H,17,19). The molecule has 2 rings (SSSR count). The fraction of sp³-hybridized carbons (Fsp3) is 0.133. The van der Waals surface area contributed by atoms with Crippen molar-refractivity contribution in [3.8, 4) is 6.07 Å². The van der Waals surface area contributed by atoms with Crippen molar-refractivity contribution in [2.75, 3.05) is 0 Å². The topological polar surface area (TPSA) is 65.8 Å². The van der Waals surface area contributed by atoms with Crippen LogP contribution in [0.1, 0.15) is 27.3 Å². The molecule has 0 bridgehead atoms. The van der Waals surface area contributed by atoms with Gasteiger partial charge < -0.3 is 5.32 Å². The lowest BCUT2D eigenvalue weighted by Gasteiger charge is -2.05. The van der Waals surface area contributed by atoms with Crippen molar-refractivity contribution in [1.82, 2.24) is 10.3 Å². The normalized spacial score (nSPS) is 9.68. The van der Waals surface area contributed by atoms with Crippen LogP contribution in [-0.2, 0) is 6.54 Å². The number of hydrogen-bond donors (Lipinski definition) is 1. The number of nitrogens with one attached hydrogen (secondary N) is 1. The molecule has 1 aromatic heterocycles. The summed E-state index contributed by atoms with van der Waals surface area (Å²) in [4.78, 5) is 16.2. The molecule has 0 radical (unpaired) electrons. The minimum absolute atomic E-state index is 0.173. The molecule has 2 aromatic rings. The highest BCUT2D eigenvalue weighted by atomic mass is 16.1. The molecule has 0 spiro atoms. The van der Waals surface area contributed by atoms with E-state index in [1.54, 1.807) is 24.3 Å². The smallest absolute Gasteiger partial charge is 0.251 e. The zero-order valence-corrected chi connectivity index (χ0v) is 10.6. The average Bonchev–Trinajstić information content (AvgIpc) is 2.45. The summed E-state index contributed by atoms with van der Waals surface area (Å²) in [5, 5.41) is 11.5. The van der Waals surface area contributed by atoms with E-state index in [1.165, 1.54) is 0 Å². The molecular formula is C15H13N3O. The maximum absolute atomic E-state index is 11.9. The van der Waals surface area contributed by atoms with Gasteiger partial charge in [-0.1, -0.05) is 6.07 Å².